The van der Waals surface area contributed by atoms with Crippen LogP contribution in [0, 0.1) is 0 Å². The maximum Gasteiger partial charge on any atom is 0.214 e. The van der Waals surface area contributed by atoms with Crippen LogP contribution in [0.25, 0.3) is 0 Å². The fraction of sp³-hybridized carbons (Fsp3) is 0.833. The smallest absolute Gasteiger partial charge is 0.214 e. The van der Waals surface area contributed by atoms with E-state index in [2.05, 4.69) is 16.1 Å². The van der Waals surface area contributed by atoms with Crippen LogP contribution >= 0.6 is 0 Å². The van der Waals surface area contributed by atoms with Crippen molar-refractivity contribution in [1.82, 2.24) is 10.0 Å². The highest BCUT2D eigenvalue weighted by Crippen LogP contribution is 2.14. The van der Waals surface area contributed by atoms with Gasteiger partial charge < -0.3 is 10.1 Å². The molecule has 104 valence electrons. The molecule has 2 N–H and O–H groups in total. The van der Waals surface area contributed by atoms with Gasteiger partial charge in [0.1, 0.15) is 0 Å². The summed E-state index contributed by atoms with van der Waals surface area (Å²) < 4.78 is 31.9. The molecule has 0 radical (unpaired) electrons. The molecule has 0 aliphatic carbocycles. The van der Waals surface area contributed by atoms with E-state index in [-0.39, 0.29) is 11.9 Å². The average Bonchev–Trinajstić information content (AvgIpc) is 2.38. The zero-order chi connectivity index (χ0) is 12.8. The van der Waals surface area contributed by atoms with Crippen LogP contribution in [0.15, 0.2) is 11.6 Å². The lowest BCUT2D eigenvalue weighted by molar-refractivity contribution is 0.0304. The summed E-state index contributed by atoms with van der Waals surface area (Å²) in [6, 6.07) is 0. The van der Waals surface area contributed by atoms with Crippen molar-refractivity contribution in [3.05, 3.63) is 11.6 Å². The number of ether oxygens (including phenoxy) is 1. The third-order valence-electron chi connectivity index (χ3n) is 3.36. The van der Waals surface area contributed by atoms with E-state index < -0.39 is 10.0 Å². The first-order valence-corrected chi connectivity index (χ1v) is 8.28. The van der Waals surface area contributed by atoms with Crippen LogP contribution in [0.3, 0.4) is 0 Å². The second kappa shape index (κ2) is 6.65. The Morgan fingerprint density at radius 1 is 1.44 bits per heavy atom. The maximum atomic E-state index is 11.9. The SMILES string of the molecule is O=S(=O)(CC1CCCCO1)NCC1=CCNCC1. The van der Waals surface area contributed by atoms with Gasteiger partial charge >= 0.3 is 0 Å². The van der Waals surface area contributed by atoms with Gasteiger partial charge in [0.05, 0.1) is 11.9 Å². The van der Waals surface area contributed by atoms with Crippen LogP contribution in [0.2, 0.25) is 0 Å². The minimum absolute atomic E-state index is 0.0958. The predicted molar refractivity (Wildman–Crippen MR) is 71.0 cm³/mol. The quantitative estimate of drug-likeness (QED) is 0.712. The molecule has 0 bridgehead atoms. The number of hydrogen-bond acceptors (Lipinski definition) is 4. The first-order chi connectivity index (χ1) is 8.66. The highest BCUT2D eigenvalue weighted by Gasteiger charge is 2.21. The van der Waals surface area contributed by atoms with Crippen molar-refractivity contribution >= 4 is 10.0 Å². The molecule has 0 amide bonds. The lowest BCUT2D eigenvalue weighted by Crippen LogP contribution is -2.36. The van der Waals surface area contributed by atoms with E-state index in [4.69, 9.17) is 4.74 Å². The van der Waals surface area contributed by atoms with Crippen molar-refractivity contribution in [1.29, 1.82) is 0 Å². The third kappa shape index (κ3) is 4.68. The van der Waals surface area contributed by atoms with E-state index in [1.54, 1.807) is 0 Å². The second-order valence-corrected chi connectivity index (χ2v) is 6.76. The van der Waals surface area contributed by atoms with Gasteiger partial charge in [-0.15, -0.1) is 0 Å². The molecule has 0 spiro atoms. The molecular formula is C12H22N2O3S. The Labute approximate surface area is 109 Å². The van der Waals surface area contributed by atoms with Crippen LogP contribution in [0.5, 0.6) is 0 Å². The summed E-state index contributed by atoms with van der Waals surface area (Å²) in [6.45, 7) is 2.90. The van der Waals surface area contributed by atoms with Gasteiger partial charge in [-0.3, -0.25) is 0 Å². The first kappa shape index (κ1) is 14.0. The van der Waals surface area contributed by atoms with E-state index in [0.717, 1.165) is 38.8 Å². The van der Waals surface area contributed by atoms with E-state index in [0.29, 0.717) is 13.2 Å². The number of sulfonamides is 1. The normalized spacial score (nSPS) is 25.8. The number of nitrogens with one attached hydrogen (secondary N) is 2. The minimum Gasteiger partial charge on any atom is -0.377 e. The molecule has 0 aromatic heterocycles. The van der Waals surface area contributed by atoms with Crippen molar-refractivity contribution in [2.45, 2.75) is 31.8 Å². The van der Waals surface area contributed by atoms with Gasteiger partial charge in [-0.1, -0.05) is 11.6 Å². The molecule has 6 heteroatoms. The van der Waals surface area contributed by atoms with Crippen molar-refractivity contribution < 1.29 is 13.2 Å². The van der Waals surface area contributed by atoms with Gasteiger partial charge in [-0.25, -0.2) is 13.1 Å². The molecule has 2 aliphatic rings. The molecular weight excluding hydrogens is 252 g/mol. The standard InChI is InChI=1S/C12H22N2O3S/c15-18(16,10-12-3-1-2-8-17-12)14-9-11-4-6-13-7-5-11/h4,12-14H,1-3,5-10H2. The first-order valence-electron chi connectivity index (χ1n) is 6.63. The summed E-state index contributed by atoms with van der Waals surface area (Å²) in [5, 5.41) is 3.20. The summed E-state index contributed by atoms with van der Waals surface area (Å²) in [6.07, 6.45) is 5.82. The summed E-state index contributed by atoms with van der Waals surface area (Å²) in [7, 11) is -3.22. The second-order valence-electron chi connectivity index (χ2n) is 4.91. The van der Waals surface area contributed by atoms with Crippen LogP contribution < -0.4 is 10.0 Å². The Morgan fingerprint density at radius 3 is 3.00 bits per heavy atom. The fourth-order valence-corrected chi connectivity index (χ4v) is 3.55. The highest BCUT2D eigenvalue weighted by molar-refractivity contribution is 7.89. The van der Waals surface area contributed by atoms with Gasteiger partial charge in [-0.2, -0.15) is 0 Å². The highest BCUT2D eigenvalue weighted by atomic mass is 32.2. The Hall–Kier alpha value is -0.430. The van der Waals surface area contributed by atoms with E-state index >= 15 is 0 Å². The molecule has 0 aromatic carbocycles. The van der Waals surface area contributed by atoms with Gasteiger partial charge in [-0.05, 0) is 32.2 Å². The van der Waals surface area contributed by atoms with Crippen LogP contribution in [-0.2, 0) is 14.8 Å². The maximum absolute atomic E-state index is 11.9. The van der Waals surface area contributed by atoms with Crippen molar-refractivity contribution in [3.63, 3.8) is 0 Å². The zero-order valence-electron chi connectivity index (χ0n) is 10.7. The lowest BCUT2D eigenvalue weighted by Gasteiger charge is -2.22. The van der Waals surface area contributed by atoms with Crippen LogP contribution in [-0.4, -0.2) is 46.5 Å². The molecule has 2 aliphatic heterocycles. The zero-order valence-corrected chi connectivity index (χ0v) is 11.5. The number of rotatable bonds is 5. The minimum atomic E-state index is -3.22. The van der Waals surface area contributed by atoms with Gasteiger partial charge in [0.25, 0.3) is 0 Å². The molecule has 5 nitrogen and oxygen atoms in total. The summed E-state index contributed by atoms with van der Waals surface area (Å²) in [5.74, 6) is 0.0958. The monoisotopic (exact) mass is 274 g/mol. The molecule has 18 heavy (non-hydrogen) atoms. The van der Waals surface area contributed by atoms with E-state index in [1.165, 1.54) is 5.57 Å². The van der Waals surface area contributed by atoms with Gasteiger partial charge in [0, 0.05) is 19.7 Å². The average molecular weight is 274 g/mol. The third-order valence-corrected chi connectivity index (χ3v) is 4.75. The predicted octanol–water partition coefficient (Wildman–Crippen LogP) is 0.395. The Bertz CT molecular complexity index is 386. The number of hydrogen-bond donors (Lipinski definition) is 2. The van der Waals surface area contributed by atoms with Crippen molar-refractivity contribution in [3.8, 4) is 0 Å². The molecule has 1 atom stereocenters. The Morgan fingerprint density at radius 2 is 2.33 bits per heavy atom. The summed E-state index contributed by atoms with van der Waals surface area (Å²) in [4.78, 5) is 0. The molecule has 1 saturated heterocycles. The Kier molecular flexibility index (Phi) is 5.17. The van der Waals surface area contributed by atoms with E-state index in [1.807, 2.05) is 0 Å². The van der Waals surface area contributed by atoms with Crippen molar-refractivity contribution in [2.24, 2.45) is 0 Å². The molecule has 1 unspecified atom stereocenters. The summed E-state index contributed by atoms with van der Waals surface area (Å²) in [5.41, 5.74) is 1.17. The lowest BCUT2D eigenvalue weighted by atomic mass is 10.1. The molecule has 0 aromatic rings. The Balaban J connectivity index is 1.77. The van der Waals surface area contributed by atoms with Crippen LogP contribution in [0.1, 0.15) is 25.7 Å². The molecule has 2 rings (SSSR count). The summed E-state index contributed by atoms with van der Waals surface area (Å²) >= 11 is 0. The van der Waals surface area contributed by atoms with Gasteiger partial charge in [0.2, 0.25) is 10.0 Å². The van der Waals surface area contributed by atoms with Gasteiger partial charge in [0.15, 0.2) is 0 Å². The topological polar surface area (TPSA) is 67.4 Å². The molecule has 0 saturated carbocycles. The fourth-order valence-electron chi connectivity index (χ4n) is 2.28. The van der Waals surface area contributed by atoms with Crippen molar-refractivity contribution in [2.75, 3.05) is 32.0 Å². The molecule has 1 fully saturated rings. The molecule has 2 heterocycles. The largest absolute Gasteiger partial charge is 0.377 e. The van der Waals surface area contributed by atoms with Crippen LogP contribution in [0.4, 0.5) is 0 Å². The van der Waals surface area contributed by atoms with E-state index in [9.17, 15) is 8.42 Å².